The lowest BCUT2D eigenvalue weighted by Gasteiger charge is -2.32. The molecule has 0 amide bonds. The Labute approximate surface area is 135 Å². The minimum Gasteiger partial charge on any atom is -0.287 e. The highest BCUT2D eigenvalue weighted by Gasteiger charge is 2.83. The lowest BCUT2D eigenvalue weighted by Crippen LogP contribution is -2.63. The third kappa shape index (κ3) is 3.17. The van der Waals surface area contributed by atoms with Crippen LogP contribution in [0.4, 0.5) is 39.5 Å². The molecule has 1 aromatic carbocycles. The van der Waals surface area contributed by atoms with E-state index in [1.165, 1.54) is 0 Å². The molecule has 0 aliphatic rings. The Hall–Kier alpha value is -0.970. The van der Waals surface area contributed by atoms with Crippen LogP contribution >= 0.6 is 27.5 Å². The Morgan fingerprint density at radius 1 is 0.913 bits per heavy atom. The van der Waals surface area contributed by atoms with E-state index < -0.39 is 40.3 Å². The van der Waals surface area contributed by atoms with Crippen LogP contribution in [0.15, 0.2) is 22.7 Å². The first-order valence-corrected chi connectivity index (χ1v) is 6.44. The number of halogens is 11. The van der Waals surface area contributed by atoms with Crippen LogP contribution in [0.1, 0.15) is 10.4 Å². The first-order valence-electron chi connectivity index (χ1n) is 5.27. The fraction of sp³-hybridized carbons (Fsp3) is 0.364. The SMILES string of the molecule is O=C(c1ccc(Br)cc1Cl)C(F)(F)C(F)(F)C(F)(F)C(F)(F)F. The molecule has 0 unspecified atom stereocenters. The van der Waals surface area contributed by atoms with E-state index in [0.717, 1.165) is 12.1 Å². The van der Waals surface area contributed by atoms with E-state index in [0.29, 0.717) is 6.07 Å². The normalized spacial score (nSPS) is 14.0. The number of rotatable bonds is 4. The molecule has 1 rings (SSSR count). The van der Waals surface area contributed by atoms with Gasteiger partial charge in [0.05, 0.1) is 5.02 Å². The van der Waals surface area contributed by atoms with Crippen molar-refractivity contribution in [3.63, 3.8) is 0 Å². The highest BCUT2D eigenvalue weighted by molar-refractivity contribution is 9.10. The summed E-state index contributed by atoms with van der Waals surface area (Å²) in [6.07, 6.45) is -7.00. The maximum atomic E-state index is 13.4. The van der Waals surface area contributed by atoms with Gasteiger partial charge in [-0.25, -0.2) is 0 Å². The van der Waals surface area contributed by atoms with Gasteiger partial charge in [-0.15, -0.1) is 0 Å². The summed E-state index contributed by atoms with van der Waals surface area (Å²) in [7, 11) is 0. The van der Waals surface area contributed by atoms with Crippen molar-refractivity contribution in [2.24, 2.45) is 0 Å². The van der Waals surface area contributed by atoms with Crippen molar-refractivity contribution in [2.75, 3.05) is 0 Å². The second kappa shape index (κ2) is 5.83. The summed E-state index contributed by atoms with van der Waals surface area (Å²) in [6, 6.07) is 2.16. The zero-order chi connectivity index (χ0) is 18.4. The summed E-state index contributed by atoms with van der Waals surface area (Å²) < 4.78 is 114. The van der Waals surface area contributed by atoms with E-state index in [1.54, 1.807) is 0 Å². The number of ketones is 1. The van der Waals surface area contributed by atoms with E-state index in [1.807, 2.05) is 0 Å². The predicted molar refractivity (Wildman–Crippen MR) is 64.4 cm³/mol. The quantitative estimate of drug-likeness (QED) is 0.433. The van der Waals surface area contributed by atoms with Gasteiger partial charge in [-0.3, -0.25) is 4.79 Å². The van der Waals surface area contributed by atoms with Crippen LogP contribution in [-0.4, -0.2) is 29.7 Å². The summed E-state index contributed by atoms with van der Waals surface area (Å²) in [5.74, 6) is -23.5. The third-order valence-electron chi connectivity index (χ3n) is 2.61. The molecule has 12 heteroatoms. The van der Waals surface area contributed by atoms with Crippen molar-refractivity contribution in [1.29, 1.82) is 0 Å². The lowest BCUT2D eigenvalue weighted by molar-refractivity contribution is -0.386. The largest absolute Gasteiger partial charge is 0.460 e. The van der Waals surface area contributed by atoms with Gasteiger partial charge in [0.1, 0.15) is 0 Å². The van der Waals surface area contributed by atoms with E-state index in [4.69, 9.17) is 11.6 Å². The van der Waals surface area contributed by atoms with Crippen molar-refractivity contribution >= 4 is 33.3 Å². The molecule has 0 saturated heterocycles. The maximum Gasteiger partial charge on any atom is 0.460 e. The highest BCUT2D eigenvalue weighted by atomic mass is 79.9. The van der Waals surface area contributed by atoms with E-state index >= 15 is 0 Å². The fourth-order valence-electron chi connectivity index (χ4n) is 1.36. The number of carbonyl (C=O) groups is 1. The van der Waals surface area contributed by atoms with Gasteiger partial charge in [0.15, 0.2) is 0 Å². The molecule has 1 aromatic rings. The summed E-state index contributed by atoms with van der Waals surface area (Å²) in [4.78, 5) is 11.4. The van der Waals surface area contributed by atoms with Crippen LogP contribution in [-0.2, 0) is 0 Å². The zero-order valence-corrected chi connectivity index (χ0v) is 12.6. The van der Waals surface area contributed by atoms with Gasteiger partial charge in [-0.2, -0.15) is 39.5 Å². The molecule has 0 N–H and O–H groups in total. The van der Waals surface area contributed by atoms with Crippen molar-refractivity contribution < 1.29 is 44.3 Å². The van der Waals surface area contributed by atoms with Crippen LogP contribution in [0.2, 0.25) is 5.02 Å². The van der Waals surface area contributed by atoms with E-state index in [-0.39, 0.29) is 4.47 Å². The molecular weight excluding hydrogens is 434 g/mol. The van der Waals surface area contributed by atoms with Crippen molar-refractivity contribution in [1.82, 2.24) is 0 Å². The molecule has 0 heterocycles. The van der Waals surface area contributed by atoms with Gasteiger partial charge >= 0.3 is 23.9 Å². The highest BCUT2D eigenvalue weighted by Crippen LogP contribution is 2.54. The molecule has 0 saturated carbocycles. The lowest BCUT2D eigenvalue weighted by atomic mass is 9.96. The maximum absolute atomic E-state index is 13.4. The Morgan fingerprint density at radius 2 is 1.39 bits per heavy atom. The molecule has 1 nitrogen and oxygen atoms in total. The van der Waals surface area contributed by atoms with Crippen molar-refractivity contribution in [3.8, 4) is 0 Å². The van der Waals surface area contributed by atoms with E-state index in [2.05, 4.69) is 15.9 Å². The molecule has 0 aliphatic heterocycles. The molecule has 0 aliphatic carbocycles. The van der Waals surface area contributed by atoms with Crippen LogP contribution < -0.4 is 0 Å². The van der Waals surface area contributed by atoms with Gasteiger partial charge < -0.3 is 0 Å². The monoisotopic (exact) mass is 436 g/mol. The summed E-state index contributed by atoms with van der Waals surface area (Å²) >= 11 is 8.14. The number of benzene rings is 1. The second-order valence-electron chi connectivity index (χ2n) is 4.17. The molecule has 0 spiro atoms. The topological polar surface area (TPSA) is 17.1 Å². The number of Topliss-reactive ketones (excluding diaryl/α,β-unsaturated/α-hetero) is 1. The van der Waals surface area contributed by atoms with Gasteiger partial charge in [0.25, 0.3) is 0 Å². The van der Waals surface area contributed by atoms with Crippen LogP contribution in [0, 0.1) is 0 Å². The van der Waals surface area contributed by atoms with Crippen LogP contribution in [0.5, 0.6) is 0 Å². The zero-order valence-electron chi connectivity index (χ0n) is 10.3. The molecular formula is C11H3BrClF9O. The van der Waals surface area contributed by atoms with E-state index in [9.17, 15) is 44.3 Å². The second-order valence-corrected chi connectivity index (χ2v) is 5.50. The van der Waals surface area contributed by atoms with Gasteiger partial charge in [0.2, 0.25) is 5.78 Å². The minimum absolute atomic E-state index is 0.120. The Balaban J connectivity index is 3.42. The Kier molecular flexibility index (Phi) is 5.09. The molecule has 0 radical (unpaired) electrons. The summed E-state index contributed by atoms with van der Waals surface area (Å²) in [6.45, 7) is 0. The van der Waals surface area contributed by atoms with Crippen molar-refractivity contribution in [2.45, 2.75) is 23.9 Å². The molecule has 0 aromatic heterocycles. The predicted octanol–water partition coefficient (Wildman–Crippen LogP) is 5.75. The number of alkyl halides is 9. The number of carbonyl (C=O) groups excluding carboxylic acids is 1. The van der Waals surface area contributed by atoms with Crippen LogP contribution in [0.25, 0.3) is 0 Å². The molecule has 130 valence electrons. The van der Waals surface area contributed by atoms with Crippen LogP contribution in [0.3, 0.4) is 0 Å². The fourth-order valence-corrected chi connectivity index (χ4v) is 2.12. The summed E-state index contributed by atoms with van der Waals surface area (Å²) in [5, 5.41) is -0.838. The number of hydrogen-bond donors (Lipinski definition) is 0. The van der Waals surface area contributed by atoms with Gasteiger partial charge in [0, 0.05) is 10.0 Å². The van der Waals surface area contributed by atoms with Gasteiger partial charge in [-0.1, -0.05) is 27.5 Å². The minimum atomic E-state index is -7.14. The van der Waals surface area contributed by atoms with Crippen molar-refractivity contribution in [3.05, 3.63) is 33.3 Å². The first kappa shape index (κ1) is 20.1. The summed E-state index contributed by atoms with van der Waals surface area (Å²) in [5.41, 5.74) is -1.34. The molecule has 0 atom stereocenters. The average molecular weight is 437 g/mol. The number of hydrogen-bond acceptors (Lipinski definition) is 1. The first-order chi connectivity index (χ1) is 10.1. The molecule has 0 fully saturated rings. The third-order valence-corrected chi connectivity index (χ3v) is 3.41. The Bertz CT molecular complexity index is 626. The van der Waals surface area contributed by atoms with Gasteiger partial charge in [-0.05, 0) is 18.2 Å². The smallest absolute Gasteiger partial charge is 0.287 e. The Morgan fingerprint density at radius 3 is 1.78 bits per heavy atom. The average Bonchev–Trinajstić information content (AvgIpc) is 2.36. The standard InChI is InChI=1S/C11H3BrClF9O/c12-4-1-2-5(6(13)3-4)7(23)8(14,15)9(16,17)10(18,19)11(20,21)22/h1-3H. The molecule has 0 bridgehead atoms. The molecule has 23 heavy (non-hydrogen) atoms.